The molecular formula is C13H14N2O5. The van der Waals surface area contributed by atoms with E-state index in [0.29, 0.717) is 22.8 Å². The number of urea groups is 1. The fourth-order valence-corrected chi connectivity index (χ4v) is 1.88. The van der Waals surface area contributed by atoms with Crippen molar-refractivity contribution in [1.82, 2.24) is 10.6 Å². The zero-order valence-electron chi connectivity index (χ0n) is 11.3. The molecular weight excluding hydrogens is 264 g/mol. The Morgan fingerprint density at radius 3 is 2.15 bits per heavy atom. The lowest BCUT2D eigenvalue weighted by Gasteiger charge is -2.14. The summed E-state index contributed by atoms with van der Waals surface area (Å²) < 4.78 is 15.7. The fraction of sp³-hybridized carbons (Fsp3) is 0.231. The zero-order valence-corrected chi connectivity index (χ0v) is 11.3. The number of hydrogen-bond acceptors (Lipinski definition) is 5. The van der Waals surface area contributed by atoms with E-state index in [2.05, 4.69) is 10.6 Å². The number of methoxy groups -OCH3 is 3. The van der Waals surface area contributed by atoms with Gasteiger partial charge in [0.15, 0.2) is 11.5 Å². The summed E-state index contributed by atoms with van der Waals surface area (Å²) in [6, 6.07) is 2.83. The number of imide groups is 1. The van der Waals surface area contributed by atoms with Gasteiger partial charge in [-0.25, -0.2) is 4.79 Å². The molecule has 0 unspecified atom stereocenters. The molecule has 0 atom stereocenters. The molecule has 106 valence electrons. The highest BCUT2D eigenvalue weighted by atomic mass is 16.5. The predicted molar refractivity (Wildman–Crippen MR) is 70.7 cm³/mol. The molecule has 1 aliphatic rings. The highest BCUT2D eigenvalue weighted by Crippen LogP contribution is 2.40. The van der Waals surface area contributed by atoms with Crippen molar-refractivity contribution in [3.05, 3.63) is 23.4 Å². The first-order chi connectivity index (χ1) is 9.60. The van der Waals surface area contributed by atoms with Gasteiger partial charge in [-0.1, -0.05) is 0 Å². The molecule has 1 fully saturated rings. The minimum absolute atomic E-state index is 0.139. The molecule has 1 aromatic carbocycles. The summed E-state index contributed by atoms with van der Waals surface area (Å²) in [6.45, 7) is 0. The summed E-state index contributed by atoms with van der Waals surface area (Å²) in [5.74, 6) is 0.834. The lowest BCUT2D eigenvalue weighted by molar-refractivity contribution is -0.115. The van der Waals surface area contributed by atoms with Crippen LogP contribution in [0.15, 0.2) is 17.8 Å². The summed E-state index contributed by atoms with van der Waals surface area (Å²) >= 11 is 0. The van der Waals surface area contributed by atoms with Crippen LogP contribution in [-0.4, -0.2) is 33.3 Å². The van der Waals surface area contributed by atoms with Gasteiger partial charge in [0, 0.05) is 5.56 Å². The van der Waals surface area contributed by atoms with Crippen molar-refractivity contribution in [2.75, 3.05) is 21.3 Å². The Morgan fingerprint density at radius 2 is 1.65 bits per heavy atom. The molecule has 1 aromatic rings. The van der Waals surface area contributed by atoms with Crippen LogP contribution >= 0.6 is 0 Å². The number of ether oxygens (including phenoxy) is 3. The molecule has 0 radical (unpaired) electrons. The Kier molecular flexibility index (Phi) is 3.79. The maximum Gasteiger partial charge on any atom is 0.326 e. The molecule has 0 aromatic heterocycles. The second kappa shape index (κ2) is 5.52. The first-order valence-electron chi connectivity index (χ1n) is 5.73. The first kappa shape index (κ1) is 13.7. The third-order valence-corrected chi connectivity index (χ3v) is 2.75. The average molecular weight is 278 g/mol. The van der Waals surface area contributed by atoms with Crippen molar-refractivity contribution in [3.63, 3.8) is 0 Å². The number of rotatable bonds is 4. The number of amides is 3. The third kappa shape index (κ3) is 2.37. The van der Waals surface area contributed by atoms with E-state index >= 15 is 0 Å². The van der Waals surface area contributed by atoms with Crippen LogP contribution in [-0.2, 0) is 4.79 Å². The minimum atomic E-state index is -0.555. The maximum absolute atomic E-state index is 11.5. The molecule has 7 heteroatoms. The molecule has 20 heavy (non-hydrogen) atoms. The monoisotopic (exact) mass is 278 g/mol. The van der Waals surface area contributed by atoms with E-state index in [-0.39, 0.29) is 5.70 Å². The van der Waals surface area contributed by atoms with Crippen molar-refractivity contribution in [1.29, 1.82) is 0 Å². The minimum Gasteiger partial charge on any atom is -0.493 e. The summed E-state index contributed by atoms with van der Waals surface area (Å²) in [4.78, 5) is 22.6. The predicted octanol–water partition coefficient (Wildman–Crippen LogP) is 0.893. The van der Waals surface area contributed by atoms with Crippen LogP contribution in [0.25, 0.3) is 6.08 Å². The molecule has 1 heterocycles. The van der Waals surface area contributed by atoms with E-state index in [4.69, 9.17) is 14.2 Å². The van der Waals surface area contributed by atoms with Gasteiger partial charge in [-0.3, -0.25) is 10.1 Å². The summed E-state index contributed by atoms with van der Waals surface area (Å²) in [7, 11) is 4.48. The van der Waals surface area contributed by atoms with Gasteiger partial charge in [0.25, 0.3) is 5.91 Å². The van der Waals surface area contributed by atoms with E-state index in [1.54, 1.807) is 12.1 Å². The summed E-state index contributed by atoms with van der Waals surface area (Å²) in [6.07, 6.45) is 1.50. The van der Waals surface area contributed by atoms with Gasteiger partial charge >= 0.3 is 6.03 Å². The number of nitrogens with one attached hydrogen (secondary N) is 2. The molecule has 0 bridgehead atoms. The zero-order chi connectivity index (χ0) is 14.7. The van der Waals surface area contributed by atoms with Gasteiger partial charge in [0.2, 0.25) is 5.75 Å². The highest BCUT2D eigenvalue weighted by molar-refractivity contribution is 6.14. The van der Waals surface area contributed by atoms with Crippen LogP contribution in [0.4, 0.5) is 4.79 Å². The maximum atomic E-state index is 11.5. The van der Waals surface area contributed by atoms with Crippen LogP contribution < -0.4 is 24.8 Å². The Hall–Kier alpha value is -2.70. The third-order valence-electron chi connectivity index (χ3n) is 2.75. The molecule has 7 nitrogen and oxygen atoms in total. The molecule has 0 spiro atoms. The van der Waals surface area contributed by atoms with E-state index in [1.165, 1.54) is 27.4 Å². The lowest BCUT2D eigenvalue weighted by atomic mass is 10.1. The standard InChI is InChI=1S/C13H14N2O5/c1-18-9-5-4-7(10(19-2)11(9)20-3)6-8-12(16)15-13(17)14-8/h4-6H,1-3H3,(H2,14,15,16,17). The Balaban J connectivity index is 2.50. The second-order valence-corrected chi connectivity index (χ2v) is 3.89. The van der Waals surface area contributed by atoms with Crippen molar-refractivity contribution >= 4 is 18.0 Å². The van der Waals surface area contributed by atoms with Crippen LogP contribution in [0, 0.1) is 0 Å². The number of benzene rings is 1. The van der Waals surface area contributed by atoms with E-state index < -0.39 is 11.9 Å². The van der Waals surface area contributed by atoms with Crippen LogP contribution in [0.5, 0.6) is 17.2 Å². The Bertz CT molecular complexity index is 595. The smallest absolute Gasteiger partial charge is 0.326 e. The Labute approximate surface area is 115 Å². The van der Waals surface area contributed by atoms with Gasteiger partial charge in [-0.2, -0.15) is 0 Å². The number of hydrogen-bond donors (Lipinski definition) is 2. The highest BCUT2D eigenvalue weighted by Gasteiger charge is 2.24. The molecule has 1 saturated heterocycles. The molecule has 0 aliphatic carbocycles. The Morgan fingerprint density at radius 1 is 0.950 bits per heavy atom. The molecule has 2 N–H and O–H groups in total. The van der Waals surface area contributed by atoms with Gasteiger partial charge < -0.3 is 19.5 Å². The summed E-state index contributed by atoms with van der Waals surface area (Å²) in [5.41, 5.74) is 0.720. The number of carbonyl (C=O) groups excluding carboxylic acids is 2. The van der Waals surface area contributed by atoms with Gasteiger partial charge in [-0.05, 0) is 18.2 Å². The quantitative estimate of drug-likeness (QED) is 0.631. The van der Waals surface area contributed by atoms with Crippen molar-refractivity contribution in [2.24, 2.45) is 0 Å². The van der Waals surface area contributed by atoms with Gasteiger partial charge in [0.05, 0.1) is 21.3 Å². The molecule has 1 aliphatic heterocycles. The van der Waals surface area contributed by atoms with Gasteiger partial charge in [-0.15, -0.1) is 0 Å². The van der Waals surface area contributed by atoms with Crippen LogP contribution in [0.2, 0.25) is 0 Å². The van der Waals surface area contributed by atoms with Gasteiger partial charge in [0.1, 0.15) is 5.70 Å². The molecule has 0 saturated carbocycles. The van der Waals surface area contributed by atoms with E-state index in [9.17, 15) is 9.59 Å². The average Bonchev–Trinajstić information content (AvgIpc) is 2.76. The number of carbonyl (C=O) groups is 2. The lowest BCUT2D eigenvalue weighted by Crippen LogP contribution is -2.22. The van der Waals surface area contributed by atoms with Crippen LogP contribution in [0.3, 0.4) is 0 Å². The first-order valence-corrected chi connectivity index (χ1v) is 5.73. The summed E-state index contributed by atoms with van der Waals surface area (Å²) in [5, 5.41) is 4.53. The normalized spacial score (nSPS) is 15.8. The van der Waals surface area contributed by atoms with Crippen molar-refractivity contribution in [3.8, 4) is 17.2 Å². The molecule has 3 amide bonds. The van der Waals surface area contributed by atoms with Crippen LogP contribution in [0.1, 0.15) is 5.56 Å². The topological polar surface area (TPSA) is 85.9 Å². The molecule has 2 rings (SSSR count). The van der Waals surface area contributed by atoms with E-state index in [0.717, 1.165) is 0 Å². The largest absolute Gasteiger partial charge is 0.493 e. The van der Waals surface area contributed by atoms with Crippen molar-refractivity contribution < 1.29 is 23.8 Å². The second-order valence-electron chi connectivity index (χ2n) is 3.89. The van der Waals surface area contributed by atoms with Crippen molar-refractivity contribution in [2.45, 2.75) is 0 Å². The fourth-order valence-electron chi connectivity index (χ4n) is 1.88. The van der Waals surface area contributed by atoms with E-state index in [1.807, 2.05) is 0 Å². The SMILES string of the molecule is COc1ccc(C=C2NC(=O)NC2=O)c(OC)c1OC.